The minimum Gasteiger partial charge on any atom is -0.493 e. The van der Waals surface area contributed by atoms with Crippen molar-refractivity contribution in [3.05, 3.63) is 41.1 Å². The molecule has 1 aromatic carbocycles. The molecule has 1 aromatic rings. The summed E-state index contributed by atoms with van der Waals surface area (Å²) < 4.78 is 11.0. The number of allylic oxidation sites excluding steroid dienone is 1. The van der Waals surface area contributed by atoms with Crippen LogP contribution in [0.1, 0.15) is 70.4 Å². The third-order valence-electron chi connectivity index (χ3n) is 4.79. The predicted molar refractivity (Wildman–Crippen MR) is 109 cm³/mol. The van der Waals surface area contributed by atoms with Crippen molar-refractivity contribution in [2.45, 2.75) is 64.8 Å². The first-order valence-electron chi connectivity index (χ1n) is 10.2. The van der Waals surface area contributed by atoms with Crippen molar-refractivity contribution < 1.29 is 19.1 Å². The number of rotatable bonds is 11. The highest BCUT2D eigenvalue weighted by molar-refractivity contribution is 5.95. The van der Waals surface area contributed by atoms with Crippen LogP contribution in [-0.2, 0) is 9.53 Å². The van der Waals surface area contributed by atoms with Crippen molar-refractivity contribution >= 4 is 12.0 Å². The molecule has 1 aliphatic heterocycles. The fourth-order valence-corrected chi connectivity index (χ4v) is 3.39. The number of hydrogen-bond acceptors (Lipinski definition) is 4. The molecule has 0 saturated heterocycles. The Morgan fingerprint density at radius 2 is 1.82 bits per heavy atom. The molecule has 0 aliphatic carbocycles. The molecule has 0 radical (unpaired) electrons. The summed E-state index contributed by atoms with van der Waals surface area (Å²) in [4.78, 5) is 24.7. The summed E-state index contributed by atoms with van der Waals surface area (Å²) in [5.41, 5.74) is 1.81. The topological polar surface area (TPSA) is 76.7 Å². The van der Waals surface area contributed by atoms with Crippen LogP contribution >= 0.6 is 0 Å². The first kappa shape index (κ1) is 21.8. The number of hydrogen-bond donors (Lipinski definition) is 2. The molecule has 0 aromatic heterocycles. The molecule has 2 rings (SSSR count). The van der Waals surface area contributed by atoms with E-state index in [9.17, 15) is 9.59 Å². The van der Waals surface area contributed by atoms with Gasteiger partial charge >= 0.3 is 12.0 Å². The summed E-state index contributed by atoms with van der Waals surface area (Å²) in [5, 5.41) is 5.62. The van der Waals surface area contributed by atoms with Gasteiger partial charge in [0.25, 0.3) is 0 Å². The number of carbonyl (C=O) groups is 2. The number of unbranched alkanes of at least 4 members (excludes halogenated alkanes) is 4. The fourth-order valence-electron chi connectivity index (χ4n) is 3.39. The quantitative estimate of drug-likeness (QED) is 0.428. The molecule has 28 heavy (non-hydrogen) atoms. The molecule has 2 N–H and O–H groups in total. The van der Waals surface area contributed by atoms with Crippen LogP contribution in [0.25, 0.3) is 0 Å². The Balaban J connectivity index is 2.25. The first-order valence-corrected chi connectivity index (χ1v) is 10.2. The summed E-state index contributed by atoms with van der Waals surface area (Å²) in [7, 11) is 1.35. The molecular weight excluding hydrogens is 356 g/mol. The largest absolute Gasteiger partial charge is 0.493 e. The van der Waals surface area contributed by atoms with E-state index in [0.717, 1.165) is 24.8 Å². The Morgan fingerprint density at radius 1 is 1.07 bits per heavy atom. The van der Waals surface area contributed by atoms with Crippen LogP contribution in [0, 0.1) is 0 Å². The zero-order chi connectivity index (χ0) is 20.4. The Labute approximate surface area is 167 Å². The van der Waals surface area contributed by atoms with Gasteiger partial charge in [-0.3, -0.25) is 0 Å². The van der Waals surface area contributed by atoms with Gasteiger partial charge < -0.3 is 20.1 Å². The van der Waals surface area contributed by atoms with Crippen LogP contribution in [0.5, 0.6) is 5.75 Å². The number of amides is 2. The minimum absolute atomic E-state index is 0.324. The van der Waals surface area contributed by atoms with Crippen molar-refractivity contribution in [3.63, 3.8) is 0 Å². The van der Waals surface area contributed by atoms with Gasteiger partial charge in [-0.2, -0.15) is 0 Å². The summed E-state index contributed by atoms with van der Waals surface area (Å²) >= 11 is 0. The van der Waals surface area contributed by atoms with Crippen molar-refractivity contribution in [1.29, 1.82) is 0 Å². The number of urea groups is 1. The Bertz CT molecular complexity index is 700. The molecule has 0 fully saturated rings. The van der Waals surface area contributed by atoms with Gasteiger partial charge in [0.1, 0.15) is 5.75 Å². The van der Waals surface area contributed by atoms with Gasteiger partial charge in [-0.05, 0) is 18.9 Å². The number of para-hydroxylation sites is 1. The van der Waals surface area contributed by atoms with Crippen LogP contribution in [0.4, 0.5) is 4.79 Å². The van der Waals surface area contributed by atoms with E-state index in [0.29, 0.717) is 30.0 Å². The molecular formula is C22H32N2O4. The van der Waals surface area contributed by atoms with Crippen LogP contribution in [0.15, 0.2) is 35.5 Å². The number of carbonyl (C=O) groups excluding carboxylic acids is 2. The predicted octanol–water partition coefficient (Wildman–Crippen LogP) is 4.62. The maximum Gasteiger partial charge on any atom is 0.337 e. The maximum atomic E-state index is 12.5. The average molecular weight is 389 g/mol. The first-order chi connectivity index (χ1) is 13.6. The van der Waals surface area contributed by atoms with Gasteiger partial charge in [0, 0.05) is 11.3 Å². The Morgan fingerprint density at radius 3 is 2.54 bits per heavy atom. The zero-order valence-electron chi connectivity index (χ0n) is 17.2. The second-order valence-electron chi connectivity index (χ2n) is 6.97. The van der Waals surface area contributed by atoms with Gasteiger partial charge in [-0.1, -0.05) is 64.2 Å². The highest BCUT2D eigenvalue weighted by Gasteiger charge is 2.34. The SMILES string of the molecule is CCCCCCCOc1ccccc1C1NC(=O)NC(CCC)=C1C(=O)OC. The summed E-state index contributed by atoms with van der Waals surface area (Å²) in [6.45, 7) is 4.80. The summed E-state index contributed by atoms with van der Waals surface area (Å²) in [6, 6.07) is 6.62. The number of methoxy groups -OCH3 is 1. The molecule has 0 saturated carbocycles. The van der Waals surface area contributed by atoms with E-state index >= 15 is 0 Å². The van der Waals surface area contributed by atoms with E-state index < -0.39 is 12.0 Å². The van der Waals surface area contributed by atoms with Crippen molar-refractivity contribution in [2.75, 3.05) is 13.7 Å². The minimum atomic E-state index is -0.598. The summed E-state index contributed by atoms with van der Waals surface area (Å²) in [6.07, 6.45) is 7.17. The molecule has 6 heteroatoms. The number of nitrogens with one attached hydrogen (secondary N) is 2. The van der Waals surface area contributed by atoms with Crippen molar-refractivity contribution in [1.82, 2.24) is 10.6 Å². The van der Waals surface area contributed by atoms with E-state index in [-0.39, 0.29) is 6.03 Å². The van der Waals surface area contributed by atoms with Crippen LogP contribution < -0.4 is 15.4 Å². The molecule has 0 spiro atoms. The second kappa shape index (κ2) is 11.4. The average Bonchev–Trinajstić information content (AvgIpc) is 2.70. The van der Waals surface area contributed by atoms with Gasteiger partial charge in [-0.15, -0.1) is 0 Å². The van der Waals surface area contributed by atoms with Crippen LogP contribution in [0.3, 0.4) is 0 Å². The number of benzene rings is 1. The van der Waals surface area contributed by atoms with Crippen LogP contribution in [-0.4, -0.2) is 25.7 Å². The van der Waals surface area contributed by atoms with E-state index in [2.05, 4.69) is 17.6 Å². The third kappa shape index (κ3) is 5.75. The van der Waals surface area contributed by atoms with Crippen LogP contribution in [0.2, 0.25) is 0 Å². The van der Waals surface area contributed by atoms with Gasteiger partial charge in [0.2, 0.25) is 0 Å². The molecule has 2 amide bonds. The zero-order valence-corrected chi connectivity index (χ0v) is 17.2. The molecule has 6 nitrogen and oxygen atoms in total. The van der Waals surface area contributed by atoms with E-state index in [4.69, 9.17) is 9.47 Å². The molecule has 154 valence electrons. The molecule has 1 atom stereocenters. The lowest BCUT2D eigenvalue weighted by atomic mass is 9.93. The fraction of sp³-hybridized carbons (Fsp3) is 0.545. The third-order valence-corrected chi connectivity index (χ3v) is 4.79. The molecule has 1 unspecified atom stereocenters. The lowest BCUT2D eigenvalue weighted by molar-refractivity contribution is -0.136. The number of ether oxygens (including phenoxy) is 2. The Hall–Kier alpha value is -2.50. The lowest BCUT2D eigenvalue weighted by Gasteiger charge is -2.30. The maximum absolute atomic E-state index is 12.5. The smallest absolute Gasteiger partial charge is 0.337 e. The highest BCUT2D eigenvalue weighted by Crippen LogP contribution is 2.34. The van der Waals surface area contributed by atoms with Gasteiger partial charge in [0.15, 0.2) is 0 Å². The normalized spacial score (nSPS) is 16.4. The molecule has 1 aliphatic rings. The van der Waals surface area contributed by atoms with E-state index in [1.807, 2.05) is 31.2 Å². The molecule has 0 bridgehead atoms. The van der Waals surface area contributed by atoms with Crippen molar-refractivity contribution in [2.24, 2.45) is 0 Å². The van der Waals surface area contributed by atoms with E-state index in [1.54, 1.807) is 0 Å². The van der Waals surface area contributed by atoms with Gasteiger partial charge in [0.05, 0.1) is 25.3 Å². The second-order valence-corrected chi connectivity index (χ2v) is 6.97. The van der Waals surface area contributed by atoms with Crippen molar-refractivity contribution in [3.8, 4) is 5.75 Å². The number of esters is 1. The highest BCUT2D eigenvalue weighted by atomic mass is 16.5. The van der Waals surface area contributed by atoms with E-state index in [1.165, 1.54) is 26.4 Å². The monoisotopic (exact) mass is 388 g/mol. The Kier molecular flexibility index (Phi) is 8.85. The molecule has 1 heterocycles. The standard InChI is InChI=1S/C22H32N2O4/c1-4-6-7-8-11-15-28-18-14-10-9-13-16(18)20-19(21(25)27-3)17(12-5-2)23-22(26)24-20/h9-10,13-14,20H,4-8,11-12,15H2,1-3H3,(H2,23,24,26). The van der Waals surface area contributed by atoms with Gasteiger partial charge in [-0.25, -0.2) is 9.59 Å². The lowest BCUT2D eigenvalue weighted by Crippen LogP contribution is -2.46. The summed E-state index contributed by atoms with van der Waals surface area (Å²) in [5.74, 6) is 0.234.